The Balaban J connectivity index is 1.49. The van der Waals surface area contributed by atoms with E-state index >= 15 is 0 Å². The normalized spacial score (nSPS) is 16.4. The predicted molar refractivity (Wildman–Crippen MR) is 125 cm³/mol. The largest absolute Gasteiger partial charge is 0.494 e. The van der Waals surface area contributed by atoms with E-state index in [9.17, 15) is 4.79 Å². The summed E-state index contributed by atoms with van der Waals surface area (Å²) < 4.78 is 6.05. The summed E-state index contributed by atoms with van der Waals surface area (Å²) in [5.41, 5.74) is 3.97. The van der Waals surface area contributed by atoms with Crippen molar-refractivity contribution < 1.29 is 9.53 Å². The summed E-state index contributed by atoms with van der Waals surface area (Å²) >= 11 is 0. The first-order valence-electron chi connectivity index (χ1n) is 11.1. The second-order valence-corrected chi connectivity index (χ2v) is 8.07. The molecule has 0 radical (unpaired) electrons. The molecule has 31 heavy (non-hydrogen) atoms. The van der Waals surface area contributed by atoms with E-state index < -0.39 is 0 Å². The number of nitrogens with zero attached hydrogens (tertiary/aromatic N) is 1. The van der Waals surface area contributed by atoms with Crippen molar-refractivity contribution in [1.29, 1.82) is 0 Å². The highest BCUT2D eigenvalue weighted by molar-refractivity contribution is 6.01. The van der Waals surface area contributed by atoms with Gasteiger partial charge in [0.1, 0.15) is 11.9 Å². The number of carbonyl (C=O) groups is 1. The molecule has 2 atom stereocenters. The molecule has 0 aliphatic carbocycles. The van der Waals surface area contributed by atoms with Crippen LogP contribution in [0.25, 0.3) is 0 Å². The molecule has 0 saturated carbocycles. The number of rotatable bonds is 8. The van der Waals surface area contributed by atoms with Gasteiger partial charge in [-0.15, -0.1) is 0 Å². The first-order chi connectivity index (χ1) is 15.2. The highest BCUT2D eigenvalue weighted by Crippen LogP contribution is 2.35. The molecule has 2 unspecified atom stereocenters. The fourth-order valence-electron chi connectivity index (χ4n) is 4.05. The Morgan fingerprint density at radius 3 is 2.58 bits per heavy atom. The lowest BCUT2D eigenvalue weighted by Crippen LogP contribution is -2.47. The Bertz CT molecular complexity index is 1020. The van der Waals surface area contributed by atoms with Crippen LogP contribution in [0.15, 0.2) is 78.9 Å². The molecular formula is C27H30N2O2. The zero-order chi connectivity index (χ0) is 21.6. The molecule has 0 spiro atoms. The van der Waals surface area contributed by atoms with Gasteiger partial charge >= 0.3 is 0 Å². The van der Waals surface area contributed by atoms with Crippen LogP contribution in [0.4, 0.5) is 5.69 Å². The quantitative estimate of drug-likeness (QED) is 0.455. The van der Waals surface area contributed by atoms with E-state index in [0.29, 0.717) is 6.61 Å². The Morgan fingerprint density at radius 2 is 1.77 bits per heavy atom. The smallest absolute Gasteiger partial charge is 0.258 e. The summed E-state index contributed by atoms with van der Waals surface area (Å²) in [6, 6.07) is 26.4. The zero-order valence-electron chi connectivity index (χ0n) is 18.3. The van der Waals surface area contributed by atoms with Gasteiger partial charge in [-0.2, -0.15) is 0 Å². The van der Waals surface area contributed by atoms with Crippen molar-refractivity contribution in [2.24, 2.45) is 0 Å². The van der Waals surface area contributed by atoms with Crippen LogP contribution in [0, 0.1) is 0 Å². The van der Waals surface area contributed by atoms with Crippen molar-refractivity contribution >= 4 is 11.6 Å². The molecule has 0 aromatic heterocycles. The van der Waals surface area contributed by atoms with Crippen molar-refractivity contribution in [1.82, 2.24) is 4.90 Å². The molecule has 0 saturated heterocycles. The van der Waals surface area contributed by atoms with Crippen molar-refractivity contribution in [3.05, 3.63) is 95.6 Å². The molecule has 0 fully saturated rings. The number of anilines is 1. The minimum atomic E-state index is -0.217. The average molecular weight is 415 g/mol. The Kier molecular flexibility index (Phi) is 6.56. The maximum Gasteiger partial charge on any atom is 0.258 e. The van der Waals surface area contributed by atoms with E-state index in [0.717, 1.165) is 41.8 Å². The predicted octanol–water partition coefficient (Wildman–Crippen LogP) is 6.06. The van der Waals surface area contributed by atoms with Crippen molar-refractivity contribution in [3.8, 4) is 5.75 Å². The molecule has 1 aliphatic rings. The van der Waals surface area contributed by atoms with Crippen LogP contribution in [-0.2, 0) is 6.42 Å². The third kappa shape index (κ3) is 4.74. The number of fused-ring (bicyclic) bond motifs is 1. The molecule has 3 aromatic carbocycles. The summed E-state index contributed by atoms with van der Waals surface area (Å²) in [5.74, 6) is 0.908. The van der Waals surface area contributed by atoms with Gasteiger partial charge in [-0.3, -0.25) is 4.79 Å². The van der Waals surface area contributed by atoms with Gasteiger partial charge in [0.15, 0.2) is 0 Å². The molecule has 160 valence electrons. The molecule has 1 amide bonds. The van der Waals surface area contributed by atoms with Crippen molar-refractivity contribution in [2.75, 3.05) is 11.9 Å². The van der Waals surface area contributed by atoms with Crippen LogP contribution >= 0.6 is 0 Å². The number of hydrogen-bond acceptors (Lipinski definition) is 3. The Morgan fingerprint density at radius 1 is 1.00 bits per heavy atom. The van der Waals surface area contributed by atoms with Crippen LogP contribution in [0.3, 0.4) is 0 Å². The van der Waals surface area contributed by atoms with Gasteiger partial charge in [-0.1, -0.05) is 61.5 Å². The summed E-state index contributed by atoms with van der Waals surface area (Å²) in [6.07, 6.45) is 2.63. The van der Waals surface area contributed by atoms with Crippen molar-refractivity contribution in [2.45, 2.75) is 45.3 Å². The Labute approximate surface area is 184 Å². The lowest BCUT2D eigenvalue weighted by molar-refractivity contribution is 0.0593. The Hall–Kier alpha value is -3.27. The van der Waals surface area contributed by atoms with Crippen LogP contribution in [0.5, 0.6) is 5.75 Å². The summed E-state index contributed by atoms with van der Waals surface area (Å²) in [5, 5.41) is 3.57. The summed E-state index contributed by atoms with van der Waals surface area (Å²) in [6.45, 7) is 4.87. The zero-order valence-corrected chi connectivity index (χ0v) is 18.3. The minimum Gasteiger partial charge on any atom is -0.494 e. The van der Waals surface area contributed by atoms with Gasteiger partial charge in [0.2, 0.25) is 0 Å². The van der Waals surface area contributed by atoms with E-state index in [1.165, 1.54) is 5.56 Å². The molecule has 1 heterocycles. The standard InChI is InChI=1S/C27H30N2O2/c1-3-20(2)29-26(28-25-17-8-7-16-24(25)27(29)30)22-14-9-15-23(19-22)31-18-10-13-21-11-5-4-6-12-21/h4-9,11-12,14-17,19-20,26,28H,3,10,13,18H2,1-2H3. The fraction of sp³-hybridized carbons (Fsp3) is 0.296. The second-order valence-electron chi connectivity index (χ2n) is 8.07. The second kappa shape index (κ2) is 9.69. The molecule has 4 heteroatoms. The number of carbonyl (C=O) groups excluding carboxylic acids is 1. The highest BCUT2D eigenvalue weighted by Gasteiger charge is 2.35. The molecule has 4 rings (SSSR count). The third-order valence-corrected chi connectivity index (χ3v) is 5.92. The van der Waals surface area contributed by atoms with Crippen molar-refractivity contribution in [3.63, 3.8) is 0 Å². The summed E-state index contributed by atoms with van der Waals surface area (Å²) in [4.78, 5) is 15.2. The minimum absolute atomic E-state index is 0.0721. The van der Waals surface area contributed by atoms with Gasteiger partial charge in [0.25, 0.3) is 5.91 Å². The van der Waals surface area contributed by atoms with E-state index in [1.54, 1.807) is 0 Å². The maximum absolute atomic E-state index is 13.3. The molecule has 4 nitrogen and oxygen atoms in total. The van der Waals surface area contributed by atoms with E-state index in [1.807, 2.05) is 47.4 Å². The van der Waals surface area contributed by atoms with E-state index in [-0.39, 0.29) is 18.1 Å². The number of nitrogens with one attached hydrogen (secondary N) is 1. The SMILES string of the molecule is CCC(C)N1C(=O)c2ccccc2NC1c1cccc(OCCCc2ccccc2)c1. The molecular weight excluding hydrogens is 384 g/mol. The van der Waals surface area contributed by atoms with Crippen LogP contribution in [-0.4, -0.2) is 23.5 Å². The van der Waals surface area contributed by atoms with Gasteiger partial charge in [0, 0.05) is 11.7 Å². The molecule has 3 aromatic rings. The average Bonchev–Trinajstić information content (AvgIpc) is 2.82. The van der Waals surface area contributed by atoms with Gasteiger partial charge < -0.3 is 15.0 Å². The van der Waals surface area contributed by atoms with Crippen LogP contribution < -0.4 is 10.1 Å². The van der Waals surface area contributed by atoms with E-state index in [2.05, 4.69) is 55.6 Å². The van der Waals surface area contributed by atoms with Crippen LogP contribution in [0.1, 0.15) is 54.3 Å². The first kappa shape index (κ1) is 21.0. The number of hydrogen-bond donors (Lipinski definition) is 1. The first-order valence-corrected chi connectivity index (χ1v) is 11.1. The van der Waals surface area contributed by atoms with Gasteiger partial charge in [-0.05, 0) is 61.6 Å². The van der Waals surface area contributed by atoms with Gasteiger partial charge in [0.05, 0.1) is 12.2 Å². The highest BCUT2D eigenvalue weighted by atomic mass is 16.5. The topological polar surface area (TPSA) is 41.6 Å². The summed E-state index contributed by atoms with van der Waals surface area (Å²) in [7, 11) is 0. The number of aryl methyl sites for hydroxylation is 1. The number of amides is 1. The van der Waals surface area contributed by atoms with E-state index in [4.69, 9.17) is 4.74 Å². The third-order valence-electron chi connectivity index (χ3n) is 5.92. The lowest BCUT2D eigenvalue weighted by atomic mass is 10.0. The maximum atomic E-state index is 13.3. The molecule has 1 aliphatic heterocycles. The van der Waals surface area contributed by atoms with Crippen LogP contribution in [0.2, 0.25) is 0 Å². The monoisotopic (exact) mass is 414 g/mol. The number of para-hydroxylation sites is 1. The molecule has 0 bridgehead atoms. The number of benzene rings is 3. The lowest BCUT2D eigenvalue weighted by Gasteiger charge is -2.41. The van der Waals surface area contributed by atoms with Gasteiger partial charge in [-0.25, -0.2) is 0 Å². The fourth-order valence-corrected chi connectivity index (χ4v) is 4.05. The number of ether oxygens (including phenoxy) is 1. The molecule has 1 N–H and O–H groups in total.